The summed E-state index contributed by atoms with van der Waals surface area (Å²) in [5, 5.41) is 27.1. The molecule has 14 nitrogen and oxygen atoms in total. The van der Waals surface area contributed by atoms with Gasteiger partial charge >= 0.3 is 5.97 Å². The first kappa shape index (κ1) is 43.7. The Labute approximate surface area is 233 Å². The molecule has 0 aromatic carbocycles. The summed E-state index contributed by atoms with van der Waals surface area (Å²) in [5.41, 5.74) is 10.2. The number of carbonyl (C=O) groups is 6. The highest BCUT2D eigenvalue weighted by molar-refractivity contribution is 7.14. The molecule has 0 bridgehead atoms. The predicted molar refractivity (Wildman–Crippen MR) is 159 cm³/mol. The van der Waals surface area contributed by atoms with E-state index in [-0.39, 0.29) is 54.5 Å². The Hall–Kier alpha value is -1.37. The molecule has 1 amide bonds. The summed E-state index contributed by atoms with van der Waals surface area (Å²) in [5.74, 6) is -1.52. The summed E-state index contributed by atoms with van der Waals surface area (Å²) < 4.78 is 0. The molecule has 0 heterocycles. The van der Waals surface area contributed by atoms with Crippen LogP contribution < -0.4 is 31.8 Å². The Bertz CT molecular complexity index is 747. The van der Waals surface area contributed by atoms with Crippen LogP contribution in [0.5, 0.6) is 0 Å². The first-order valence-electron chi connectivity index (χ1n) is 11.0. The average molecular weight is 618 g/mol. The van der Waals surface area contributed by atoms with Gasteiger partial charge in [-0.05, 0) is 27.7 Å². The van der Waals surface area contributed by atoms with E-state index in [1.165, 1.54) is 20.8 Å². The molecule has 18 heteroatoms. The minimum absolute atomic E-state index is 0.0245. The SMILES string of the molecule is CC(=O)C[C@@H](C#N)NP.CC(=O)C[C@@H](CN)NP.CC(=O)C[C@H](NP)C(=O)O.CC(=O)C[C@H](NP)C(N)=O. The van der Waals surface area contributed by atoms with Gasteiger partial charge in [0.15, 0.2) is 0 Å². The number of primary amides is 1. The number of nitrogens with two attached hydrogens (primary N) is 2. The number of aliphatic carboxylic acids is 1. The normalized spacial score (nSPS) is 12.6. The van der Waals surface area contributed by atoms with E-state index in [1.54, 1.807) is 6.92 Å². The topological polar surface area (TPSA) is 247 Å². The summed E-state index contributed by atoms with van der Waals surface area (Å²) in [7, 11) is 8.77. The molecule has 0 spiro atoms. The number of nitrogens with one attached hydrogen (secondary N) is 4. The molecule has 0 saturated carbocycles. The van der Waals surface area contributed by atoms with Crippen LogP contribution in [0.2, 0.25) is 0 Å². The van der Waals surface area contributed by atoms with Gasteiger partial charge in [-0.3, -0.25) is 49.1 Å². The summed E-state index contributed by atoms with van der Waals surface area (Å²) in [4.78, 5) is 62.4. The number of amides is 1. The fourth-order valence-corrected chi connectivity index (χ4v) is 3.01. The van der Waals surface area contributed by atoms with Gasteiger partial charge in [-0.15, -0.1) is 0 Å². The molecule has 0 aliphatic carbocycles. The second-order valence-electron chi connectivity index (χ2n) is 7.75. The van der Waals surface area contributed by atoms with Gasteiger partial charge in [0.25, 0.3) is 0 Å². The van der Waals surface area contributed by atoms with E-state index in [2.05, 4.69) is 57.9 Å². The maximum absolute atomic E-state index is 10.5. The molecule has 0 aliphatic heterocycles. The van der Waals surface area contributed by atoms with Crippen molar-refractivity contribution in [2.75, 3.05) is 6.54 Å². The molecule has 0 rings (SSSR count). The van der Waals surface area contributed by atoms with Crippen molar-refractivity contribution in [3.8, 4) is 6.07 Å². The van der Waals surface area contributed by atoms with E-state index in [4.69, 9.17) is 21.8 Å². The number of nitrogens with zero attached hydrogens (tertiary/aromatic N) is 1. The average Bonchev–Trinajstić information content (AvgIpc) is 2.83. The molecule has 4 unspecified atom stereocenters. The first-order chi connectivity index (χ1) is 17.6. The molecule has 38 heavy (non-hydrogen) atoms. The van der Waals surface area contributed by atoms with Gasteiger partial charge < -0.3 is 16.6 Å². The maximum atomic E-state index is 10.5. The lowest BCUT2D eigenvalue weighted by Crippen LogP contribution is -2.37. The van der Waals surface area contributed by atoms with Crippen LogP contribution in [0.15, 0.2) is 0 Å². The molecule has 220 valence electrons. The number of carbonyl (C=O) groups excluding carboxylic acids is 5. The van der Waals surface area contributed by atoms with Crippen LogP contribution in [0.3, 0.4) is 0 Å². The van der Waals surface area contributed by atoms with E-state index in [9.17, 15) is 28.8 Å². The van der Waals surface area contributed by atoms with E-state index >= 15 is 0 Å². The minimum Gasteiger partial charge on any atom is -0.480 e. The second kappa shape index (κ2) is 28.6. The highest BCUT2D eigenvalue weighted by Gasteiger charge is 2.16. The molecule has 8 atom stereocenters. The Morgan fingerprint density at radius 1 is 0.737 bits per heavy atom. The zero-order chi connectivity index (χ0) is 30.8. The Morgan fingerprint density at radius 2 is 1.13 bits per heavy atom. The molecule has 0 saturated heterocycles. The third-order valence-electron chi connectivity index (χ3n) is 3.93. The van der Waals surface area contributed by atoms with Crippen molar-refractivity contribution in [1.29, 1.82) is 5.26 Å². The van der Waals surface area contributed by atoms with Crippen molar-refractivity contribution in [1.82, 2.24) is 20.3 Å². The molecule has 0 aromatic rings. The fourth-order valence-electron chi connectivity index (χ4n) is 2.02. The van der Waals surface area contributed by atoms with E-state index in [0.29, 0.717) is 13.0 Å². The summed E-state index contributed by atoms with van der Waals surface area (Å²) in [6.45, 7) is 6.30. The first-order valence-corrected chi connectivity index (χ1v) is 13.3. The van der Waals surface area contributed by atoms with Crippen molar-refractivity contribution >= 4 is 72.6 Å². The summed E-state index contributed by atoms with van der Waals surface area (Å²) in [6, 6.07) is 0.365. The van der Waals surface area contributed by atoms with Gasteiger partial charge in [-0.25, -0.2) is 0 Å². The minimum atomic E-state index is -1.01. The standard InChI is InChI=1S/C5H11N2O2P.C5H13N2OP.C5H9N2OP.C5H10NO3P/c1-3(8)2-4(7-10)5(6)9;2*1-4(8)2-5(3-6)7-9;1-3(7)2-4(6-10)5(8)9/h4,7H,2,10H2,1H3,(H2,6,9);5,7H,2-3,6,9H2,1H3;5,7H,2,9H2,1H3;4,6H,2,10H2,1H3,(H,8,9)/t4-;2*5-;4-/m0000/s1. The van der Waals surface area contributed by atoms with Crippen LogP contribution in [0.25, 0.3) is 0 Å². The Kier molecular flexibility index (Phi) is 32.9. The second-order valence-corrected chi connectivity index (χ2v) is 9.08. The molecule has 9 N–H and O–H groups in total. The fraction of sp³-hybridized carbons (Fsp3) is 0.650. The maximum Gasteiger partial charge on any atom is 0.321 e. The van der Waals surface area contributed by atoms with E-state index in [0.717, 1.165) is 0 Å². The lowest BCUT2D eigenvalue weighted by atomic mass is 10.1. The van der Waals surface area contributed by atoms with Crippen LogP contribution in [0, 0.1) is 11.3 Å². The number of hydrogen-bond donors (Lipinski definition) is 7. The highest BCUT2D eigenvalue weighted by atomic mass is 31.0. The van der Waals surface area contributed by atoms with Crippen LogP contribution in [-0.2, 0) is 28.8 Å². The zero-order valence-electron chi connectivity index (χ0n) is 22.2. The van der Waals surface area contributed by atoms with Gasteiger partial charge in [-0.1, -0.05) is 37.6 Å². The quantitative estimate of drug-likeness (QED) is 0.108. The largest absolute Gasteiger partial charge is 0.480 e. The zero-order valence-corrected chi connectivity index (χ0v) is 26.8. The van der Waals surface area contributed by atoms with Gasteiger partial charge in [0.05, 0.1) is 12.1 Å². The smallest absolute Gasteiger partial charge is 0.321 e. The number of Topliss-reactive ketones (excluding diaryl/α,β-unsaturated/α-hetero) is 4. The molecule has 0 aliphatic rings. The van der Waals surface area contributed by atoms with Gasteiger partial charge in [-0.2, -0.15) is 5.26 Å². The Balaban J connectivity index is -0.000000203. The molecule has 0 aromatic heterocycles. The van der Waals surface area contributed by atoms with Gasteiger partial charge in [0.1, 0.15) is 35.2 Å². The highest BCUT2D eigenvalue weighted by Crippen LogP contribution is 1.96. The van der Waals surface area contributed by atoms with E-state index < -0.39 is 24.0 Å². The summed E-state index contributed by atoms with van der Waals surface area (Å²) >= 11 is 0. The van der Waals surface area contributed by atoms with Crippen LogP contribution >= 0.6 is 37.6 Å². The van der Waals surface area contributed by atoms with Crippen LogP contribution in [0.4, 0.5) is 0 Å². The van der Waals surface area contributed by atoms with Crippen LogP contribution in [0.1, 0.15) is 53.4 Å². The van der Waals surface area contributed by atoms with Gasteiger partial charge in [0, 0.05) is 38.3 Å². The van der Waals surface area contributed by atoms with E-state index in [1.807, 2.05) is 6.07 Å². The number of rotatable bonds is 15. The lowest BCUT2D eigenvalue weighted by molar-refractivity contribution is -0.140. The predicted octanol–water partition coefficient (Wildman–Crippen LogP) is -1.09. The monoisotopic (exact) mass is 617 g/mol. The third-order valence-corrected chi connectivity index (χ3v) is 5.61. The number of carboxylic acids is 1. The lowest BCUT2D eigenvalue weighted by Gasteiger charge is -2.09. The van der Waals surface area contributed by atoms with Crippen molar-refractivity contribution in [2.45, 2.75) is 77.5 Å². The number of nitriles is 1. The van der Waals surface area contributed by atoms with Crippen molar-refractivity contribution in [3.63, 3.8) is 0 Å². The number of carboxylic acid groups (broad SMARTS) is 1. The van der Waals surface area contributed by atoms with Crippen molar-refractivity contribution in [3.05, 3.63) is 0 Å². The molecular weight excluding hydrogens is 574 g/mol. The summed E-state index contributed by atoms with van der Waals surface area (Å²) in [6.07, 6.45) is 0.970. The van der Waals surface area contributed by atoms with Crippen molar-refractivity contribution in [2.24, 2.45) is 11.5 Å². The van der Waals surface area contributed by atoms with Crippen LogP contribution in [-0.4, -0.2) is 70.8 Å². The molecule has 0 fully saturated rings. The van der Waals surface area contributed by atoms with Crippen molar-refractivity contribution < 1.29 is 33.9 Å². The number of hydrogen-bond acceptors (Lipinski definition) is 12. The molecule has 0 radical (unpaired) electrons. The van der Waals surface area contributed by atoms with Gasteiger partial charge in [0.2, 0.25) is 5.91 Å². The Morgan fingerprint density at radius 3 is 1.24 bits per heavy atom. The third kappa shape index (κ3) is 32.7. The molecular formula is C20H43N7O7P4. The number of ketones is 4.